The van der Waals surface area contributed by atoms with E-state index < -0.39 is 27.2 Å². The Morgan fingerprint density at radius 3 is 2.45 bits per heavy atom. The maximum atomic E-state index is 13.5. The first-order valence-electron chi connectivity index (χ1n) is 5.82. The van der Waals surface area contributed by atoms with Crippen molar-refractivity contribution >= 4 is 15.5 Å². The fraction of sp³-hybridized carbons (Fsp3) is 0.143. The maximum Gasteiger partial charge on any atom is 0.182 e. The molecule has 0 saturated carbocycles. The molecule has 0 bridgehead atoms. The molecular formula is C14H13F2NO2S. The lowest BCUT2D eigenvalue weighted by Crippen LogP contribution is -2.07. The van der Waals surface area contributed by atoms with E-state index in [4.69, 9.17) is 5.73 Å². The molecule has 2 rings (SSSR count). The Kier molecular flexibility index (Phi) is 3.76. The largest absolute Gasteiger partial charge is 0.399 e. The monoisotopic (exact) mass is 297 g/mol. The molecule has 2 aromatic rings. The minimum absolute atomic E-state index is 0.0351. The van der Waals surface area contributed by atoms with Gasteiger partial charge in [-0.1, -0.05) is 0 Å². The number of hydrogen-bond donors (Lipinski definition) is 1. The minimum Gasteiger partial charge on any atom is -0.399 e. The molecule has 2 aromatic carbocycles. The van der Waals surface area contributed by atoms with Crippen LogP contribution in [-0.4, -0.2) is 8.42 Å². The molecule has 0 amide bonds. The normalized spacial score (nSPS) is 11.6. The Bertz CT molecular complexity index is 758. The fourth-order valence-corrected chi connectivity index (χ4v) is 3.21. The summed E-state index contributed by atoms with van der Waals surface area (Å²) in [4.78, 5) is 0.0351. The smallest absolute Gasteiger partial charge is 0.182 e. The van der Waals surface area contributed by atoms with Gasteiger partial charge < -0.3 is 5.73 Å². The summed E-state index contributed by atoms with van der Waals surface area (Å²) in [6.45, 7) is 1.68. The van der Waals surface area contributed by atoms with Crippen molar-refractivity contribution in [1.82, 2.24) is 0 Å². The van der Waals surface area contributed by atoms with E-state index in [0.717, 1.165) is 18.2 Å². The van der Waals surface area contributed by atoms with E-state index in [1.165, 1.54) is 18.2 Å². The van der Waals surface area contributed by atoms with Crippen LogP contribution < -0.4 is 5.73 Å². The molecule has 0 aliphatic rings. The molecule has 20 heavy (non-hydrogen) atoms. The van der Waals surface area contributed by atoms with Crippen LogP contribution in [0.3, 0.4) is 0 Å². The molecule has 3 nitrogen and oxygen atoms in total. The fourth-order valence-electron chi connectivity index (χ4n) is 1.78. The van der Waals surface area contributed by atoms with E-state index >= 15 is 0 Å². The number of anilines is 1. The van der Waals surface area contributed by atoms with Crippen LogP contribution >= 0.6 is 0 Å². The van der Waals surface area contributed by atoms with E-state index in [9.17, 15) is 17.2 Å². The van der Waals surface area contributed by atoms with Gasteiger partial charge in [-0.2, -0.15) is 0 Å². The van der Waals surface area contributed by atoms with Crippen LogP contribution in [0.4, 0.5) is 14.5 Å². The van der Waals surface area contributed by atoms with Gasteiger partial charge in [-0.15, -0.1) is 0 Å². The van der Waals surface area contributed by atoms with Gasteiger partial charge in [0.05, 0.1) is 10.6 Å². The zero-order chi connectivity index (χ0) is 14.9. The number of nitrogens with two attached hydrogens (primary N) is 1. The van der Waals surface area contributed by atoms with Crippen LogP contribution in [0, 0.1) is 18.6 Å². The topological polar surface area (TPSA) is 60.2 Å². The second-order valence-corrected chi connectivity index (χ2v) is 6.50. The molecule has 0 aliphatic carbocycles. The zero-order valence-corrected chi connectivity index (χ0v) is 11.5. The van der Waals surface area contributed by atoms with Crippen molar-refractivity contribution in [3.8, 4) is 0 Å². The predicted molar refractivity (Wildman–Crippen MR) is 72.8 cm³/mol. The molecule has 2 N–H and O–H groups in total. The molecule has 0 saturated heterocycles. The third-order valence-electron chi connectivity index (χ3n) is 2.95. The summed E-state index contributed by atoms with van der Waals surface area (Å²) in [5, 5.41) is 0. The molecule has 0 aliphatic heterocycles. The number of rotatable bonds is 3. The van der Waals surface area contributed by atoms with E-state index in [2.05, 4.69) is 0 Å². The van der Waals surface area contributed by atoms with Crippen LogP contribution in [0.5, 0.6) is 0 Å². The molecule has 0 heterocycles. The summed E-state index contributed by atoms with van der Waals surface area (Å²) in [7, 11) is -3.75. The van der Waals surface area contributed by atoms with E-state index in [1.54, 1.807) is 6.92 Å². The molecule has 0 aromatic heterocycles. The van der Waals surface area contributed by atoms with Crippen molar-refractivity contribution in [3.05, 3.63) is 59.2 Å². The van der Waals surface area contributed by atoms with Crippen LogP contribution in [0.1, 0.15) is 11.1 Å². The maximum absolute atomic E-state index is 13.5. The minimum atomic E-state index is -3.75. The summed E-state index contributed by atoms with van der Waals surface area (Å²) in [5.74, 6) is -2.02. The lowest BCUT2D eigenvalue weighted by atomic mass is 10.2. The highest BCUT2D eigenvalue weighted by atomic mass is 32.2. The Balaban J connectivity index is 2.40. The van der Waals surface area contributed by atoms with Crippen molar-refractivity contribution in [1.29, 1.82) is 0 Å². The molecular weight excluding hydrogens is 284 g/mol. The van der Waals surface area contributed by atoms with Gasteiger partial charge in [0.15, 0.2) is 9.84 Å². The van der Waals surface area contributed by atoms with E-state index in [0.29, 0.717) is 11.3 Å². The van der Waals surface area contributed by atoms with Crippen LogP contribution in [0.15, 0.2) is 41.3 Å². The van der Waals surface area contributed by atoms with Crippen molar-refractivity contribution in [2.24, 2.45) is 0 Å². The standard InChI is InChI=1S/C14H13F2NO2S/c1-9-6-12(3-5-14(9)17)20(18,19)8-10-7-11(15)2-4-13(10)16/h2-7H,8,17H2,1H3. The van der Waals surface area contributed by atoms with Crippen molar-refractivity contribution in [2.45, 2.75) is 17.6 Å². The molecule has 0 fully saturated rings. The number of aryl methyl sites for hydroxylation is 1. The van der Waals surface area contributed by atoms with Crippen LogP contribution in [0.2, 0.25) is 0 Å². The molecule has 106 valence electrons. The molecule has 6 heteroatoms. The highest BCUT2D eigenvalue weighted by Gasteiger charge is 2.18. The Morgan fingerprint density at radius 1 is 1.10 bits per heavy atom. The second-order valence-electron chi connectivity index (χ2n) is 4.51. The molecule has 0 atom stereocenters. The van der Waals surface area contributed by atoms with Crippen LogP contribution in [0.25, 0.3) is 0 Å². The number of halogens is 2. The number of sulfone groups is 1. The quantitative estimate of drug-likeness (QED) is 0.886. The average Bonchev–Trinajstić information content (AvgIpc) is 2.36. The van der Waals surface area contributed by atoms with Gasteiger partial charge >= 0.3 is 0 Å². The number of hydrogen-bond acceptors (Lipinski definition) is 3. The lowest BCUT2D eigenvalue weighted by Gasteiger charge is -2.08. The van der Waals surface area contributed by atoms with Gasteiger partial charge in [0.1, 0.15) is 11.6 Å². The predicted octanol–water partition coefficient (Wildman–Crippen LogP) is 2.83. The summed E-state index contributed by atoms with van der Waals surface area (Å²) >= 11 is 0. The summed E-state index contributed by atoms with van der Waals surface area (Å²) in [5.41, 5.74) is 6.52. The van der Waals surface area contributed by atoms with Crippen molar-refractivity contribution in [2.75, 3.05) is 5.73 Å². The zero-order valence-electron chi connectivity index (χ0n) is 10.7. The highest BCUT2D eigenvalue weighted by Crippen LogP contribution is 2.22. The lowest BCUT2D eigenvalue weighted by molar-refractivity contribution is 0.578. The van der Waals surface area contributed by atoms with Crippen LogP contribution in [-0.2, 0) is 15.6 Å². The summed E-state index contributed by atoms with van der Waals surface area (Å²) < 4.78 is 51.0. The summed E-state index contributed by atoms with van der Waals surface area (Å²) in [6.07, 6.45) is 0. The molecule has 0 unspecified atom stereocenters. The van der Waals surface area contributed by atoms with E-state index in [-0.39, 0.29) is 10.5 Å². The first-order chi connectivity index (χ1) is 9.29. The second kappa shape index (κ2) is 5.20. The molecule has 0 radical (unpaired) electrons. The van der Waals surface area contributed by atoms with Gasteiger partial charge in [-0.3, -0.25) is 0 Å². The Hall–Kier alpha value is -1.95. The third kappa shape index (κ3) is 2.96. The van der Waals surface area contributed by atoms with Crippen molar-refractivity contribution in [3.63, 3.8) is 0 Å². The highest BCUT2D eigenvalue weighted by molar-refractivity contribution is 7.90. The number of benzene rings is 2. The average molecular weight is 297 g/mol. The molecule has 0 spiro atoms. The van der Waals surface area contributed by atoms with Gasteiger partial charge in [-0.05, 0) is 48.9 Å². The SMILES string of the molecule is Cc1cc(S(=O)(=O)Cc2cc(F)ccc2F)ccc1N. The summed E-state index contributed by atoms with van der Waals surface area (Å²) in [6, 6.07) is 6.99. The van der Waals surface area contributed by atoms with Gasteiger partial charge in [0.2, 0.25) is 0 Å². The first-order valence-corrected chi connectivity index (χ1v) is 7.47. The Labute approximate surface area is 116 Å². The van der Waals surface area contributed by atoms with Gasteiger partial charge in [0.25, 0.3) is 0 Å². The van der Waals surface area contributed by atoms with Gasteiger partial charge in [0, 0.05) is 11.3 Å². The van der Waals surface area contributed by atoms with Gasteiger partial charge in [-0.25, -0.2) is 17.2 Å². The van der Waals surface area contributed by atoms with E-state index in [1.807, 2.05) is 0 Å². The van der Waals surface area contributed by atoms with Crippen molar-refractivity contribution < 1.29 is 17.2 Å². The third-order valence-corrected chi connectivity index (χ3v) is 4.62. The Morgan fingerprint density at radius 2 is 1.80 bits per heavy atom. The number of nitrogen functional groups attached to an aromatic ring is 1. The first kappa shape index (κ1) is 14.5.